The molecule has 1 unspecified atom stereocenters. The standard InChI is InChI=1S/C15H27N3O4S4.ClH/c1-11(2)9-17-13-10-18(6-4-5-7-23-3)26(21,22)15-12(13)8-14(24-15)25(16,19)20;/h8,11,13,17H,4-7,9-10H2,1-3H3,(H2,16,19,20);1H. The number of nitrogens with one attached hydrogen (secondary N) is 1. The molecule has 0 aromatic carbocycles. The molecule has 1 aliphatic rings. The van der Waals surface area contributed by atoms with Gasteiger partial charge in [0, 0.05) is 24.7 Å². The Bertz CT molecular complexity index is 824. The second kappa shape index (κ2) is 10.2. The third-order valence-electron chi connectivity index (χ3n) is 4.10. The van der Waals surface area contributed by atoms with Gasteiger partial charge in [-0.2, -0.15) is 16.1 Å². The fourth-order valence-corrected chi connectivity index (χ4v) is 7.57. The molecule has 3 N–H and O–H groups in total. The van der Waals surface area contributed by atoms with Crippen molar-refractivity contribution in [2.24, 2.45) is 11.1 Å². The van der Waals surface area contributed by atoms with E-state index in [2.05, 4.69) is 19.2 Å². The maximum absolute atomic E-state index is 13.0. The highest BCUT2D eigenvalue weighted by molar-refractivity contribution is 7.98. The first kappa shape index (κ1) is 25.2. The average molecular weight is 478 g/mol. The fourth-order valence-electron chi connectivity index (χ4n) is 2.77. The summed E-state index contributed by atoms with van der Waals surface area (Å²) in [5.74, 6) is 1.38. The van der Waals surface area contributed by atoms with Crippen molar-refractivity contribution in [3.63, 3.8) is 0 Å². The van der Waals surface area contributed by atoms with E-state index in [0.717, 1.165) is 29.9 Å². The van der Waals surface area contributed by atoms with Crippen LogP contribution in [0.5, 0.6) is 0 Å². The van der Waals surface area contributed by atoms with Crippen LogP contribution in [0.25, 0.3) is 0 Å². The molecule has 0 bridgehead atoms. The Labute approximate surface area is 177 Å². The van der Waals surface area contributed by atoms with Gasteiger partial charge in [0.2, 0.25) is 10.0 Å². The monoisotopic (exact) mass is 477 g/mol. The van der Waals surface area contributed by atoms with Crippen LogP contribution in [0.15, 0.2) is 14.5 Å². The lowest BCUT2D eigenvalue weighted by Gasteiger charge is -2.33. The summed E-state index contributed by atoms with van der Waals surface area (Å²) in [6, 6.07) is 1.18. The first-order valence-electron chi connectivity index (χ1n) is 8.46. The van der Waals surface area contributed by atoms with E-state index in [1.807, 2.05) is 6.26 Å². The van der Waals surface area contributed by atoms with Crippen molar-refractivity contribution in [2.75, 3.05) is 31.6 Å². The largest absolute Gasteiger partial charge is 0.309 e. The molecule has 0 spiro atoms. The van der Waals surface area contributed by atoms with Crippen LogP contribution in [0, 0.1) is 5.92 Å². The van der Waals surface area contributed by atoms with Crippen molar-refractivity contribution in [1.29, 1.82) is 0 Å². The zero-order valence-electron chi connectivity index (χ0n) is 15.7. The van der Waals surface area contributed by atoms with Gasteiger partial charge >= 0.3 is 0 Å². The first-order valence-corrected chi connectivity index (χ1v) is 13.7. The van der Waals surface area contributed by atoms with Crippen LogP contribution >= 0.6 is 35.5 Å². The molecule has 12 heteroatoms. The van der Waals surface area contributed by atoms with E-state index >= 15 is 0 Å². The van der Waals surface area contributed by atoms with E-state index in [1.54, 1.807) is 11.8 Å². The first-order chi connectivity index (χ1) is 12.1. The summed E-state index contributed by atoms with van der Waals surface area (Å²) in [6.07, 6.45) is 3.74. The Morgan fingerprint density at radius 3 is 2.63 bits per heavy atom. The van der Waals surface area contributed by atoms with Crippen molar-refractivity contribution < 1.29 is 16.8 Å². The Kier molecular flexibility index (Phi) is 9.54. The van der Waals surface area contributed by atoms with Crippen LogP contribution in [-0.4, -0.2) is 52.8 Å². The van der Waals surface area contributed by atoms with Crippen molar-refractivity contribution >= 4 is 55.6 Å². The van der Waals surface area contributed by atoms with Crippen LogP contribution in [0.2, 0.25) is 0 Å². The van der Waals surface area contributed by atoms with E-state index in [-0.39, 0.29) is 26.9 Å². The van der Waals surface area contributed by atoms with Gasteiger partial charge in [-0.3, -0.25) is 0 Å². The minimum Gasteiger partial charge on any atom is -0.309 e. The smallest absolute Gasteiger partial charge is 0.252 e. The number of hydrogen-bond acceptors (Lipinski definition) is 7. The third kappa shape index (κ3) is 6.30. The fraction of sp³-hybridized carbons (Fsp3) is 0.733. The summed E-state index contributed by atoms with van der Waals surface area (Å²) in [7, 11) is -7.63. The third-order valence-corrected chi connectivity index (χ3v) is 9.76. The number of nitrogens with zero attached hydrogens (tertiary/aromatic N) is 1. The molecule has 2 rings (SSSR count). The molecule has 7 nitrogen and oxygen atoms in total. The topological polar surface area (TPSA) is 110 Å². The van der Waals surface area contributed by atoms with Crippen LogP contribution in [0.1, 0.15) is 38.3 Å². The molecule has 1 atom stereocenters. The second-order valence-corrected chi connectivity index (χ2v) is 12.7. The van der Waals surface area contributed by atoms with Crippen molar-refractivity contribution in [2.45, 2.75) is 41.1 Å². The molecule has 0 fully saturated rings. The highest BCUT2D eigenvalue weighted by Crippen LogP contribution is 2.40. The Morgan fingerprint density at radius 2 is 2.07 bits per heavy atom. The number of sulfonamides is 2. The molecule has 158 valence electrons. The highest BCUT2D eigenvalue weighted by atomic mass is 35.5. The molecule has 1 aliphatic heterocycles. The minimum atomic E-state index is -3.94. The Morgan fingerprint density at radius 1 is 1.41 bits per heavy atom. The van der Waals surface area contributed by atoms with Crippen LogP contribution in [-0.2, 0) is 20.0 Å². The van der Waals surface area contributed by atoms with Gasteiger partial charge in [0.25, 0.3) is 10.0 Å². The van der Waals surface area contributed by atoms with Crippen molar-refractivity contribution in [3.05, 3.63) is 11.6 Å². The van der Waals surface area contributed by atoms with Gasteiger partial charge in [0.15, 0.2) is 0 Å². The zero-order chi connectivity index (χ0) is 19.5. The summed E-state index contributed by atoms with van der Waals surface area (Å²) in [5, 5.41) is 8.60. The number of thioether (sulfide) groups is 1. The minimum absolute atomic E-state index is 0. The number of rotatable bonds is 9. The van der Waals surface area contributed by atoms with E-state index in [0.29, 0.717) is 31.1 Å². The predicted molar refractivity (Wildman–Crippen MR) is 115 cm³/mol. The van der Waals surface area contributed by atoms with Crippen LogP contribution < -0.4 is 10.5 Å². The van der Waals surface area contributed by atoms with Crippen LogP contribution in [0.3, 0.4) is 0 Å². The summed E-state index contributed by atoms with van der Waals surface area (Å²) in [5.41, 5.74) is 0.514. The molecule has 2 heterocycles. The van der Waals surface area contributed by atoms with Gasteiger partial charge in [0.1, 0.15) is 8.42 Å². The Balaban J connectivity index is 0.00000364. The van der Waals surface area contributed by atoms with E-state index < -0.39 is 20.0 Å². The van der Waals surface area contributed by atoms with E-state index in [9.17, 15) is 16.8 Å². The molecule has 0 saturated carbocycles. The number of primary sulfonamides is 1. The molecule has 0 saturated heterocycles. The van der Waals surface area contributed by atoms with Gasteiger partial charge < -0.3 is 5.32 Å². The summed E-state index contributed by atoms with van der Waals surface area (Å²) < 4.78 is 50.8. The van der Waals surface area contributed by atoms with E-state index in [1.165, 1.54) is 10.4 Å². The van der Waals surface area contributed by atoms with Gasteiger partial charge in [-0.05, 0) is 43.4 Å². The lowest BCUT2D eigenvalue weighted by atomic mass is 10.1. The number of nitrogens with two attached hydrogens (primary N) is 1. The van der Waals surface area contributed by atoms with Gasteiger partial charge in [-0.25, -0.2) is 22.0 Å². The lowest BCUT2D eigenvalue weighted by Crippen LogP contribution is -2.44. The zero-order valence-corrected chi connectivity index (χ0v) is 19.8. The highest BCUT2D eigenvalue weighted by Gasteiger charge is 2.39. The van der Waals surface area contributed by atoms with E-state index in [4.69, 9.17) is 5.14 Å². The maximum Gasteiger partial charge on any atom is 0.252 e. The number of unbranched alkanes of at least 4 members (excludes halogenated alkanes) is 1. The molecule has 0 radical (unpaired) electrons. The number of halogens is 1. The molecule has 0 amide bonds. The van der Waals surface area contributed by atoms with Crippen molar-refractivity contribution in [1.82, 2.24) is 9.62 Å². The predicted octanol–water partition coefficient (Wildman–Crippen LogP) is 2.25. The quantitative estimate of drug-likeness (QED) is 0.528. The lowest BCUT2D eigenvalue weighted by molar-refractivity contribution is 0.329. The molecule has 1 aromatic heterocycles. The molecule has 27 heavy (non-hydrogen) atoms. The summed E-state index contributed by atoms with van der Waals surface area (Å²) >= 11 is 2.48. The SMILES string of the molecule is CSCCCCN1CC(NCC(C)C)c2cc(S(N)(=O)=O)sc2S1(=O)=O.Cl. The van der Waals surface area contributed by atoms with Crippen molar-refractivity contribution in [3.8, 4) is 0 Å². The molecule has 1 aromatic rings. The average Bonchev–Trinajstić information content (AvgIpc) is 2.99. The summed E-state index contributed by atoms with van der Waals surface area (Å²) in [4.78, 5) is 0. The molecular formula is C15H28ClN3O4S4. The maximum atomic E-state index is 13.0. The van der Waals surface area contributed by atoms with Gasteiger partial charge in [-0.1, -0.05) is 13.8 Å². The Hall–Kier alpha value is 0.120. The number of hydrogen-bond donors (Lipinski definition) is 2. The number of thiophene rings is 1. The molecular weight excluding hydrogens is 450 g/mol. The second-order valence-electron chi connectivity index (χ2n) is 6.77. The van der Waals surface area contributed by atoms with Gasteiger partial charge in [0.05, 0.1) is 0 Å². The number of fused-ring (bicyclic) bond motifs is 1. The molecule has 0 aliphatic carbocycles. The van der Waals surface area contributed by atoms with Crippen LogP contribution in [0.4, 0.5) is 0 Å². The van der Waals surface area contributed by atoms with Gasteiger partial charge in [-0.15, -0.1) is 23.7 Å². The normalized spacial score (nSPS) is 19.7. The summed E-state index contributed by atoms with van der Waals surface area (Å²) in [6.45, 7) is 5.59.